The van der Waals surface area contributed by atoms with E-state index in [0.29, 0.717) is 6.61 Å². The van der Waals surface area contributed by atoms with E-state index in [1.54, 1.807) is 10.9 Å². The number of nitrogens with zero attached hydrogens (tertiary/aromatic N) is 4. The number of thioether (sulfide) groups is 1. The Kier molecular flexibility index (Phi) is 5.17. The minimum absolute atomic E-state index is 0.655. The van der Waals surface area contributed by atoms with Crippen LogP contribution in [-0.2, 0) is 6.42 Å². The van der Waals surface area contributed by atoms with Gasteiger partial charge in [-0.1, -0.05) is 30.8 Å². The zero-order valence-electron chi connectivity index (χ0n) is 11.9. The number of benzene rings is 1. The Morgan fingerprint density at radius 3 is 2.90 bits per heavy atom. The summed E-state index contributed by atoms with van der Waals surface area (Å²) in [5.74, 6) is 1.70. The van der Waals surface area contributed by atoms with Gasteiger partial charge in [0.15, 0.2) is 5.82 Å². The summed E-state index contributed by atoms with van der Waals surface area (Å²) in [6.07, 6.45) is 4.56. The quantitative estimate of drug-likeness (QED) is 0.606. The third-order valence-corrected chi connectivity index (χ3v) is 3.29. The molecule has 0 bridgehead atoms. The Labute approximate surface area is 123 Å². The maximum absolute atomic E-state index is 5.48. The van der Waals surface area contributed by atoms with Gasteiger partial charge in [0.25, 0.3) is 0 Å². The molecular weight excluding hydrogens is 272 g/mol. The summed E-state index contributed by atoms with van der Waals surface area (Å²) in [6.45, 7) is 4.66. The molecule has 0 N–H and O–H groups in total. The van der Waals surface area contributed by atoms with Gasteiger partial charge in [-0.25, -0.2) is 0 Å². The first-order valence-electron chi connectivity index (χ1n) is 6.54. The van der Waals surface area contributed by atoms with Gasteiger partial charge in [0.1, 0.15) is 5.75 Å². The van der Waals surface area contributed by atoms with Crippen LogP contribution in [0.25, 0.3) is 0 Å². The van der Waals surface area contributed by atoms with Gasteiger partial charge in [0, 0.05) is 6.42 Å². The molecule has 0 aliphatic carbocycles. The van der Waals surface area contributed by atoms with E-state index in [4.69, 9.17) is 4.74 Å². The lowest BCUT2D eigenvalue weighted by atomic mass is 10.2. The van der Waals surface area contributed by atoms with Crippen LogP contribution in [0.4, 0.5) is 0 Å². The smallest absolute Gasteiger partial charge is 0.211 e. The minimum Gasteiger partial charge on any atom is -0.494 e. The SMILES string of the molecule is CCOc1cccc(/C=N\n2c(CC)nnc2SC)c1. The van der Waals surface area contributed by atoms with Crippen molar-refractivity contribution in [1.82, 2.24) is 14.9 Å². The van der Waals surface area contributed by atoms with Crippen molar-refractivity contribution in [2.24, 2.45) is 5.10 Å². The first-order chi connectivity index (χ1) is 9.78. The Morgan fingerprint density at radius 1 is 1.35 bits per heavy atom. The number of hydrogen-bond donors (Lipinski definition) is 0. The van der Waals surface area contributed by atoms with Crippen molar-refractivity contribution in [2.45, 2.75) is 25.4 Å². The van der Waals surface area contributed by atoms with Crippen LogP contribution in [0.15, 0.2) is 34.5 Å². The molecule has 0 amide bonds. The van der Waals surface area contributed by atoms with Crippen molar-refractivity contribution in [3.05, 3.63) is 35.7 Å². The van der Waals surface area contributed by atoms with Crippen LogP contribution in [0.1, 0.15) is 25.2 Å². The minimum atomic E-state index is 0.655. The Bertz CT molecular complexity index is 573. The normalized spacial score (nSPS) is 11.2. The van der Waals surface area contributed by atoms with E-state index in [9.17, 15) is 0 Å². The molecule has 0 spiro atoms. The van der Waals surface area contributed by atoms with Crippen LogP contribution in [0.2, 0.25) is 0 Å². The largest absolute Gasteiger partial charge is 0.494 e. The van der Waals surface area contributed by atoms with Crippen LogP contribution >= 0.6 is 11.8 Å². The summed E-state index contributed by atoms with van der Waals surface area (Å²) in [7, 11) is 0. The summed E-state index contributed by atoms with van der Waals surface area (Å²) in [6, 6.07) is 7.83. The fraction of sp³-hybridized carbons (Fsp3) is 0.357. The third-order valence-electron chi connectivity index (χ3n) is 2.67. The van der Waals surface area contributed by atoms with Gasteiger partial charge in [-0.2, -0.15) is 9.78 Å². The first kappa shape index (κ1) is 14.6. The van der Waals surface area contributed by atoms with Gasteiger partial charge in [-0.05, 0) is 30.9 Å². The number of aromatic nitrogens is 3. The number of hydrogen-bond acceptors (Lipinski definition) is 5. The lowest BCUT2D eigenvalue weighted by molar-refractivity contribution is 0.340. The second-order valence-corrected chi connectivity index (χ2v) is 4.79. The zero-order chi connectivity index (χ0) is 14.4. The standard InChI is InChI=1S/C14H18N4OS/c1-4-13-16-17-14(20-3)18(13)15-10-11-7-6-8-12(9-11)19-5-2/h6-10H,4-5H2,1-3H3/b15-10-. The second kappa shape index (κ2) is 7.09. The number of rotatable bonds is 6. The van der Waals surface area contributed by atoms with Crippen LogP contribution in [-0.4, -0.2) is 34.0 Å². The molecular formula is C14H18N4OS. The van der Waals surface area contributed by atoms with Crippen LogP contribution < -0.4 is 4.74 Å². The molecule has 6 heteroatoms. The van der Waals surface area contributed by atoms with Gasteiger partial charge in [0.2, 0.25) is 5.16 Å². The van der Waals surface area contributed by atoms with E-state index in [2.05, 4.69) is 15.3 Å². The molecule has 1 aromatic heterocycles. The van der Waals surface area contributed by atoms with E-state index >= 15 is 0 Å². The van der Waals surface area contributed by atoms with Crippen molar-refractivity contribution >= 4 is 18.0 Å². The molecule has 0 atom stereocenters. The molecule has 5 nitrogen and oxygen atoms in total. The van der Waals surface area contributed by atoms with E-state index in [-0.39, 0.29) is 0 Å². The van der Waals surface area contributed by atoms with Crippen molar-refractivity contribution in [3.8, 4) is 5.75 Å². The average Bonchev–Trinajstić information content (AvgIpc) is 2.88. The predicted octanol–water partition coefficient (Wildman–Crippen LogP) is 2.84. The molecule has 0 saturated carbocycles. The fourth-order valence-electron chi connectivity index (χ4n) is 1.74. The van der Waals surface area contributed by atoms with E-state index in [1.807, 2.05) is 44.4 Å². The molecule has 2 aromatic rings. The summed E-state index contributed by atoms with van der Waals surface area (Å²) in [5.41, 5.74) is 0.985. The monoisotopic (exact) mass is 290 g/mol. The average molecular weight is 290 g/mol. The molecule has 0 aliphatic rings. The van der Waals surface area contributed by atoms with E-state index in [1.165, 1.54) is 11.8 Å². The molecule has 0 radical (unpaired) electrons. The predicted molar refractivity (Wildman–Crippen MR) is 81.8 cm³/mol. The van der Waals surface area contributed by atoms with Crippen LogP contribution in [0.5, 0.6) is 5.75 Å². The highest BCUT2D eigenvalue weighted by Crippen LogP contribution is 2.15. The second-order valence-electron chi connectivity index (χ2n) is 4.02. The molecule has 20 heavy (non-hydrogen) atoms. The molecule has 106 valence electrons. The van der Waals surface area contributed by atoms with Gasteiger partial charge < -0.3 is 4.74 Å². The molecule has 0 aliphatic heterocycles. The topological polar surface area (TPSA) is 52.3 Å². The summed E-state index contributed by atoms with van der Waals surface area (Å²) in [5, 5.41) is 13.5. The van der Waals surface area contributed by atoms with Gasteiger partial charge >= 0.3 is 0 Å². The van der Waals surface area contributed by atoms with Crippen LogP contribution in [0.3, 0.4) is 0 Å². The maximum Gasteiger partial charge on any atom is 0.211 e. The molecule has 0 fully saturated rings. The van der Waals surface area contributed by atoms with Gasteiger partial charge in [-0.3, -0.25) is 0 Å². The molecule has 1 heterocycles. The van der Waals surface area contributed by atoms with Crippen molar-refractivity contribution < 1.29 is 4.74 Å². The number of ether oxygens (including phenoxy) is 1. The highest BCUT2D eigenvalue weighted by atomic mass is 32.2. The summed E-state index contributed by atoms with van der Waals surface area (Å²) in [4.78, 5) is 0. The summed E-state index contributed by atoms with van der Waals surface area (Å²) < 4.78 is 7.25. The zero-order valence-corrected chi connectivity index (χ0v) is 12.7. The number of aryl methyl sites for hydroxylation is 1. The Balaban J connectivity index is 2.24. The third kappa shape index (κ3) is 3.39. The molecule has 1 aromatic carbocycles. The maximum atomic E-state index is 5.48. The highest BCUT2D eigenvalue weighted by molar-refractivity contribution is 7.98. The van der Waals surface area contributed by atoms with Crippen molar-refractivity contribution in [3.63, 3.8) is 0 Å². The van der Waals surface area contributed by atoms with E-state index < -0.39 is 0 Å². The molecule has 0 unspecified atom stereocenters. The fourth-order valence-corrected chi connectivity index (χ4v) is 2.18. The summed E-state index contributed by atoms with van der Waals surface area (Å²) >= 11 is 1.53. The van der Waals surface area contributed by atoms with Crippen molar-refractivity contribution in [2.75, 3.05) is 12.9 Å². The Hall–Kier alpha value is -1.82. The van der Waals surface area contributed by atoms with Gasteiger partial charge in [-0.15, -0.1) is 10.2 Å². The van der Waals surface area contributed by atoms with Crippen LogP contribution in [0, 0.1) is 0 Å². The Morgan fingerprint density at radius 2 is 2.20 bits per heavy atom. The molecule has 2 rings (SSSR count). The molecule has 0 saturated heterocycles. The van der Waals surface area contributed by atoms with Gasteiger partial charge in [0.05, 0.1) is 12.8 Å². The highest BCUT2D eigenvalue weighted by Gasteiger charge is 2.07. The lowest BCUT2D eigenvalue weighted by Gasteiger charge is -2.03. The van der Waals surface area contributed by atoms with Crippen molar-refractivity contribution in [1.29, 1.82) is 0 Å². The lowest BCUT2D eigenvalue weighted by Crippen LogP contribution is -1.99. The first-order valence-corrected chi connectivity index (χ1v) is 7.76. The van der Waals surface area contributed by atoms with E-state index in [0.717, 1.165) is 28.7 Å².